The first-order chi connectivity index (χ1) is 13.6. The first-order valence-corrected chi connectivity index (χ1v) is 9.22. The average Bonchev–Trinajstić information content (AvgIpc) is 3.21. The van der Waals surface area contributed by atoms with Crippen molar-refractivity contribution in [2.75, 3.05) is 40.1 Å². The maximum absolute atomic E-state index is 12.7. The maximum atomic E-state index is 12.7. The van der Waals surface area contributed by atoms with Crippen molar-refractivity contribution in [2.24, 2.45) is 0 Å². The van der Waals surface area contributed by atoms with Gasteiger partial charge in [-0.05, 0) is 42.0 Å². The Kier molecular flexibility index (Phi) is 5.16. The number of carbonyl (C=O) groups is 2. The molecule has 0 radical (unpaired) electrons. The van der Waals surface area contributed by atoms with Crippen LogP contribution in [0.5, 0.6) is 11.5 Å². The molecule has 146 valence electrons. The van der Waals surface area contributed by atoms with E-state index >= 15 is 0 Å². The van der Waals surface area contributed by atoms with E-state index < -0.39 is 5.97 Å². The van der Waals surface area contributed by atoms with Crippen molar-refractivity contribution in [3.05, 3.63) is 59.2 Å². The molecule has 7 heteroatoms. The van der Waals surface area contributed by atoms with Crippen LogP contribution in [0.15, 0.2) is 42.5 Å². The number of carbonyl (C=O) groups excluding carboxylic acids is 2. The molecule has 2 aliphatic rings. The summed E-state index contributed by atoms with van der Waals surface area (Å²) in [5.41, 5.74) is 2.19. The largest absolute Gasteiger partial charge is 0.465 e. The lowest BCUT2D eigenvalue weighted by Crippen LogP contribution is -2.48. The predicted octanol–water partition coefficient (Wildman–Crippen LogP) is 2.16. The molecule has 2 aliphatic heterocycles. The third-order valence-corrected chi connectivity index (χ3v) is 5.06. The molecule has 2 aromatic rings. The molecular weight excluding hydrogens is 360 g/mol. The molecule has 2 aromatic carbocycles. The van der Waals surface area contributed by atoms with Gasteiger partial charge < -0.3 is 19.1 Å². The maximum Gasteiger partial charge on any atom is 0.337 e. The number of methoxy groups -OCH3 is 1. The van der Waals surface area contributed by atoms with Crippen LogP contribution in [0.25, 0.3) is 0 Å². The van der Waals surface area contributed by atoms with Crippen molar-refractivity contribution in [1.82, 2.24) is 9.80 Å². The third kappa shape index (κ3) is 3.80. The highest BCUT2D eigenvalue weighted by Crippen LogP contribution is 2.32. The molecule has 0 bridgehead atoms. The zero-order valence-electron chi connectivity index (χ0n) is 15.7. The fourth-order valence-electron chi connectivity index (χ4n) is 3.46. The highest BCUT2D eigenvalue weighted by molar-refractivity contribution is 5.96. The zero-order chi connectivity index (χ0) is 19.5. The lowest BCUT2D eigenvalue weighted by molar-refractivity contribution is 0.0596. The summed E-state index contributed by atoms with van der Waals surface area (Å²) in [4.78, 5) is 28.4. The normalized spacial score (nSPS) is 16.1. The minimum absolute atomic E-state index is 0.0147. The van der Waals surface area contributed by atoms with Crippen LogP contribution in [0.1, 0.15) is 26.3 Å². The number of hydrogen-bond acceptors (Lipinski definition) is 6. The monoisotopic (exact) mass is 382 g/mol. The number of hydrogen-bond donors (Lipinski definition) is 0. The van der Waals surface area contributed by atoms with Gasteiger partial charge in [0, 0.05) is 38.3 Å². The molecule has 28 heavy (non-hydrogen) atoms. The van der Waals surface area contributed by atoms with Crippen molar-refractivity contribution < 1.29 is 23.8 Å². The lowest BCUT2D eigenvalue weighted by atomic mass is 10.1. The number of amides is 1. The minimum atomic E-state index is -0.406. The third-order valence-electron chi connectivity index (χ3n) is 5.06. The number of esters is 1. The molecule has 0 N–H and O–H groups in total. The zero-order valence-corrected chi connectivity index (χ0v) is 15.7. The first kappa shape index (κ1) is 18.3. The fourth-order valence-corrected chi connectivity index (χ4v) is 3.46. The quantitative estimate of drug-likeness (QED) is 0.755. The van der Waals surface area contributed by atoms with E-state index in [0.29, 0.717) is 24.2 Å². The Labute approximate surface area is 163 Å². The summed E-state index contributed by atoms with van der Waals surface area (Å²) in [6.45, 7) is 4.04. The molecular formula is C21H22N2O5. The summed E-state index contributed by atoms with van der Waals surface area (Å²) in [5.74, 6) is 1.16. The van der Waals surface area contributed by atoms with Gasteiger partial charge in [0.15, 0.2) is 11.5 Å². The van der Waals surface area contributed by atoms with Crippen LogP contribution in [0.2, 0.25) is 0 Å². The topological polar surface area (TPSA) is 68.3 Å². The van der Waals surface area contributed by atoms with E-state index in [-0.39, 0.29) is 12.7 Å². The van der Waals surface area contributed by atoms with Gasteiger partial charge in [-0.2, -0.15) is 0 Å². The smallest absolute Gasteiger partial charge is 0.337 e. The summed E-state index contributed by atoms with van der Waals surface area (Å²) < 4.78 is 15.5. The molecule has 0 aliphatic carbocycles. The number of piperazine rings is 1. The molecule has 0 unspecified atom stereocenters. The second-order valence-corrected chi connectivity index (χ2v) is 6.82. The van der Waals surface area contributed by atoms with Gasteiger partial charge in [-0.3, -0.25) is 9.69 Å². The standard InChI is InChI=1S/C21H22N2O5/c1-26-21(25)17-5-3-16(4-6-17)20(24)23-10-8-22(9-11-23)13-15-2-7-18-19(12-15)28-14-27-18/h2-7,12H,8-11,13-14H2,1H3. The van der Waals surface area contributed by atoms with Gasteiger partial charge in [-0.1, -0.05) is 6.07 Å². The summed E-state index contributed by atoms with van der Waals surface area (Å²) in [6.07, 6.45) is 0. The molecule has 2 heterocycles. The van der Waals surface area contributed by atoms with E-state index in [9.17, 15) is 9.59 Å². The molecule has 0 spiro atoms. The van der Waals surface area contributed by atoms with E-state index in [4.69, 9.17) is 9.47 Å². The van der Waals surface area contributed by atoms with E-state index in [1.165, 1.54) is 12.7 Å². The summed E-state index contributed by atoms with van der Waals surface area (Å²) in [7, 11) is 1.34. The number of rotatable bonds is 4. The molecule has 0 atom stereocenters. The molecule has 7 nitrogen and oxygen atoms in total. The molecule has 4 rings (SSSR count). The average molecular weight is 382 g/mol. The van der Waals surface area contributed by atoms with E-state index in [1.807, 2.05) is 23.1 Å². The summed E-state index contributed by atoms with van der Waals surface area (Å²) in [6, 6.07) is 12.6. The van der Waals surface area contributed by atoms with Crippen LogP contribution >= 0.6 is 0 Å². The summed E-state index contributed by atoms with van der Waals surface area (Å²) in [5, 5.41) is 0. The molecule has 1 saturated heterocycles. The van der Waals surface area contributed by atoms with Gasteiger partial charge in [-0.15, -0.1) is 0 Å². The predicted molar refractivity (Wildman–Crippen MR) is 102 cm³/mol. The SMILES string of the molecule is COC(=O)c1ccc(C(=O)N2CCN(Cc3ccc4c(c3)OCO4)CC2)cc1. The second-order valence-electron chi connectivity index (χ2n) is 6.82. The van der Waals surface area contributed by atoms with Crippen molar-refractivity contribution in [3.63, 3.8) is 0 Å². The van der Waals surface area contributed by atoms with Crippen LogP contribution in [0.3, 0.4) is 0 Å². The van der Waals surface area contributed by atoms with Gasteiger partial charge >= 0.3 is 5.97 Å². The van der Waals surface area contributed by atoms with Gasteiger partial charge in [0.2, 0.25) is 6.79 Å². The number of benzene rings is 2. The van der Waals surface area contributed by atoms with E-state index in [1.54, 1.807) is 24.3 Å². The van der Waals surface area contributed by atoms with Gasteiger partial charge in [0.1, 0.15) is 0 Å². The van der Waals surface area contributed by atoms with Crippen LogP contribution in [-0.4, -0.2) is 61.8 Å². The number of fused-ring (bicyclic) bond motifs is 1. The van der Waals surface area contributed by atoms with Crippen LogP contribution < -0.4 is 9.47 Å². The van der Waals surface area contributed by atoms with Crippen LogP contribution in [0.4, 0.5) is 0 Å². The number of ether oxygens (including phenoxy) is 3. The highest BCUT2D eigenvalue weighted by Gasteiger charge is 2.23. The second kappa shape index (κ2) is 7.90. The Morgan fingerprint density at radius 1 is 0.929 bits per heavy atom. The first-order valence-electron chi connectivity index (χ1n) is 9.22. The van der Waals surface area contributed by atoms with Gasteiger partial charge in [0.25, 0.3) is 5.91 Å². The molecule has 1 amide bonds. The Balaban J connectivity index is 1.32. The van der Waals surface area contributed by atoms with Crippen LogP contribution in [0, 0.1) is 0 Å². The Hall–Kier alpha value is -3.06. The van der Waals surface area contributed by atoms with Crippen molar-refractivity contribution in [1.29, 1.82) is 0 Å². The Morgan fingerprint density at radius 3 is 2.32 bits per heavy atom. The fraction of sp³-hybridized carbons (Fsp3) is 0.333. The highest BCUT2D eigenvalue weighted by atomic mass is 16.7. The lowest BCUT2D eigenvalue weighted by Gasteiger charge is -2.34. The van der Waals surface area contributed by atoms with Crippen molar-refractivity contribution >= 4 is 11.9 Å². The van der Waals surface area contributed by atoms with Crippen molar-refractivity contribution in [3.8, 4) is 11.5 Å². The molecule has 1 fully saturated rings. The number of nitrogens with zero attached hydrogens (tertiary/aromatic N) is 2. The van der Waals surface area contributed by atoms with E-state index in [0.717, 1.165) is 31.1 Å². The summed E-state index contributed by atoms with van der Waals surface area (Å²) >= 11 is 0. The Bertz CT molecular complexity index is 873. The molecule has 0 aromatic heterocycles. The van der Waals surface area contributed by atoms with Gasteiger partial charge in [0.05, 0.1) is 12.7 Å². The van der Waals surface area contributed by atoms with E-state index in [2.05, 4.69) is 9.64 Å². The molecule has 0 saturated carbocycles. The van der Waals surface area contributed by atoms with Crippen molar-refractivity contribution in [2.45, 2.75) is 6.54 Å². The minimum Gasteiger partial charge on any atom is -0.465 e. The Morgan fingerprint density at radius 2 is 1.61 bits per heavy atom. The van der Waals surface area contributed by atoms with Crippen LogP contribution in [-0.2, 0) is 11.3 Å². The van der Waals surface area contributed by atoms with Gasteiger partial charge in [-0.25, -0.2) is 4.79 Å².